The normalized spacial score (nSPS) is 19.0. The second-order valence-electron chi connectivity index (χ2n) is 11.6. The van der Waals surface area contributed by atoms with Crippen LogP contribution in [0.2, 0.25) is 0 Å². The number of para-hydroxylation sites is 2. The second kappa shape index (κ2) is 11.4. The Balaban J connectivity index is 1.15. The molecule has 1 saturated carbocycles. The van der Waals surface area contributed by atoms with Crippen molar-refractivity contribution >= 4 is 40.7 Å². The largest absolute Gasteiger partial charge is 0.381 e. The molecule has 220 valence electrons. The first-order valence-electron chi connectivity index (χ1n) is 15.0. The van der Waals surface area contributed by atoms with E-state index in [0.29, 0.717) is 48.4 Å². The van der Waals surface area contributed by atoms with Crippen LogP contribution in [0.25, 0.3) is 0 Å². The smallest absolute Gasteiger partial charge is 0.262 e. The highest BCUT2D eigenvalue weighted by atomic mass is 16.2. The fraction of sp³-hybridized carbons (Fsp3) is 0.222. The molecule has 0 aromatic heterocycles. The topological polar surface area (TPSA) is 90.0 Å². The zero-order valence-corrected chi connectivity index (χ0v) is 24.2. The molecule has 4 amide bonds. The van der Waals surface area contributed by atoms with Gasteiger partial charge in [-0.2, -0.15) is 0 Å². The first-order chi connectivity index (χ1) is 21.5. The van der Waals surface area contributed by atoms with Gasteiger partial charge in [-0.15, -0.1) is 0 Å². The second-order valence-corrected chi connectivity index (χ2v) is 11.6. The zero-order valence-electron chi connectivity index (χ0n) is 24.2. The number of carbonyl (C=O) groups is 4. The molecule has 0 radical (unpaired) electrons. The summed E-state index contributed by atoms with van der Waals surface area (Å²) in [5.74, 6) is -1.69. The van der Waals surface area contributed by atoms with Crippen LogP contribution in [0.5, 0.6) is 0 Å². The summed E-state index contributed by atoms with van der Waals surface area (Å²) in [6, 6.07) is 32.0. The molecule has 4 aromatic rings. The van der Waals surface area contributed by atoms with Crippen molar-refractivity contribution in [3.05, 3.63) is 125 Å². The fourth-order valence-corrected chi connectivity index (χ4v) is 6.72. The lowest BCUT2D eigenvalue weighted by atomic mass is 10.0. The molecule has 4 aromatic carbocycles. The maximum Gasteiger partial charge on any atom is 0.262 e. The Morgan fingerprint density at radius 3 is 2.02 bits per heavy atom. The van der Waals surface area contributed by atoms with Gasteiger partial charge in [0.15, 0.2) is 0 Å². The van der Waals surface area contributed by atoms with Gasteiger partial charge in [-0.25, -0.2) is 0 Å². The summed E-state index contributed by atoms with van der Waals surface area (Å²) in [5, 5.41) is 3.44. The number of hydrogen-bond donors (Lipinski definition) is 1. The van der Waals surface area contributed by atoms with Crippen LogP contribution in [0.3, 0.4) is 0 Å². The van der Waals surface area contributed by atoms with Crippen molar-refractivity contribution in [3.8, 4) is 0 Å². The Hall–Kier alpha value is -5.24. The van der Waals surface area contributed by atoms with Crippen LogP contribution in [0, 0.1) is 5.92 Å². The van der Waals surface area contributed by atoms with E-state index in [1.165, 1.54) is 5.56 Å². The lowest BCUT2D eigenvalue weighted by molar-refractivity contribution is -0.123. The Kier molecular flexibility index (Phi) is 7.18. The van der Waals surface area contributed by atoms with Crippen LogP contribution < -0.4 is 15.1 Å². The molecule has 1 fully saturated rings. The molecule has 1 aliphatic carbocycles. The van der Waals surface area contributed by atoms with Crippen molar-refractivity contribution in [2.24, 2.45) is 5.92 Å². The Bertz CT molecular complexity index is 1720. The highest BCUT2D eigenvalue weighted by Gasteiger charge is 2.46. The van der Waals surface area contributed by atoms with Gasteiger partial charge < -0.3 is 15.1 Å². The average Bonchev–Trinajstić information content (AvgIpc) is 3.61. The summed E-state index contributed by atoms with van der Waals surface area (Å²) in [6.45, 7) is 0.694. The van der Waals surface area contributed by atoms with Gasteiger partial charge in [0.1, 0.15) is 6.54 Å². The standard InChI is InChI=1S/C36H32N4O4/c41-33(23-39-34(42)27-11-4-5-12-28(27)35(39)43)40-30-16-8-13-29(30)36(44)38(31-14-6-7-15-32(31)40)22-25-17-19-26(20-18-25)37-21-24-9-2-1-3-10-24/h1-7,9-12,14-15,17-20,29-30,37H,8,13,16,21-23H2. The third-order valence-electron chi connectivity index (χ3n) is 8.90. The average molecular weight is 585 g/mol. The Morgan fingerprint density at radius 1 is 0.682 bits per heavy atom. The maximum atomic E-state index is 14.1. The van der Waals surface area contributed by atoms with Crippen LogP contribution >= 0.6 is 0 Å². The van der Waals surface area contributed by atoms with Gasteiger partial charge in [0.25, 0.3) is 11.8 Å². The number of rotatable bonds is 7. The molecule has 1 N–H and O–H groups in total. The molecule has 2 atom stereocenters. The van der Waals surface area contributed by atoms with E-state index < -0.39 is 11.8 Å². The van der Waals surface area contributed by atoms with Gasteiger partial charge in [-0.1, -0.05) is 73.2 Å². The molecule has 44 heavy (non-hydrogen) atoms. The number of nitrogens with zero attached hydrogens (tertiary/aromatic N) is 3. The van der Waals surface area contributed by atoms with Crippen molar-refractivity contribution in [3.63, 3.8) is 0 Å². The first-order valence-corrected chi connectivity index (χ1v) is 15.0. The van der Waals surface area contributed by atoms with Crippen molar-refractivity contribution < 1.29 is 19.2 Å². The third-order valence-corrected chi connectivity index (χ3v) is 8.90. The number of hydrogen-bond acceptors (Lipinski definition) is 5. The van der Waals surface area contributed by atoms with Crippen LogP contribution in [0.4, 0.5) is 17.1 Å². The predicted molar refractivity (Wildman–Crippen MR) is 168 cm³/mol. The molecule has 0 spiro atoms. The number of benzene rings is 4. The molecule has 2 aliphatic heterocycles. The monoisotopic (exact) mass is 584 g/mol. The van der Waals surface area contributed by atoms with E-state index in [1.54, 1.807) is 34.1 Å². The van der Waals surface area contributed by atoms with Crippen LogP contribution in [0.1, 0.15) is 51.1 Å². The maximum absolute atomic E-state index is 14.1. The fourth-order valence-electron chi connectivity index (χ4n) is 6.72. The van der Waals surface area contributed by atoms with E-state index in [0.717, 1.165) is 22.6 Å². The van der Waals surface area contributed by atoms with Gasteiger partial charge >= 0.3 is 0 Å². The van der Waals surface area contributed by atoms with Crippen molar-refractivity contribution in [2.75, 3.05) is 21.7 Å². The minimum Gasteiger partial charge on any atom is -0.381 e. The molecule has 0 saturated heterocycles. The summed E-state index contributed by atoms with van der Waals surface area (Å²) in [6.07, 6.45) is 2.16. The molecule has 8 heteroatoms. The van der Waals surface area contributed by atoms with E-state index >= 15 is 0 Å². The summed E-state index contributed by atoms with van der Waals surface area (Å²) >= 11 is 0. The van der Waals surface area contributed by atoms with Crippen LogP contribution in [-0.2, 0) is 22.7 Å². The van der Waals surface area contributed by atoms with Gasteiger partial charge in [0, 0.05) is 18.3 Å². The minimum atomic E-state index is -0.468. The highest BCUT2D eigenvalue weighted by Crippen LogP contribution is 2.43. The predicted octanol–water partition coefficient (Wildman–Crippen LogP) is 5.64. The molecular formula is C36H32N4O4. The molecule has 2 heterocycles. The van der Waals surface area contributed by atoms with Crippen LogP contribution in [0.15, 0.2) is 103 Å². The Morgan fingerprint density at radius 2 is 1.32 bits per heavy atom. The lowest BCUT2D eigenvalue weighted by Gasteiger charge is -2.31. The number of anilines is 3. The molecular weight excluding hydrogens is 552 g/mol. The summed E-state index contributed by atoms with van der Waals surface area (Å²) in [5.41, 5.74) is 5.04. The third kappa shape index (κ3) is 4.92. The number of imide groups is 1. The number of carbonyl (C=O) groups excluding carboxylic acids is 4. The Labute approximate surface area is 255 Å². The molecule has 8 nitrogen and oxygen atoms in total. The van der Waals surface area contributed by atoms with E-state index in [-0.39, 0.29) is 30.3 Å². The summed E-state index contributed by atoms with van der Waals surface area (Å²) in [7, 11) is 0. The van der Waals surface area contributed by atoms with Crippen molar-refractivity contribution in [1.82, 2.24) is 4.90 Å². The minimum absolute atomic E-state index is 0.0118. The highest BCUT2D eigenvalue weighted by molar-refractivity contribution is 6.23. The van der Waals surface area contributed by atoms with E-state index in [2.05, 4.69) is 17.4 Å². The van der Waals surface area contributed by atoms with Crippen molar-refractivity contribution in [2.45, 2.75) is 38.4 Å². The van der Waals surface area contributed by atoms with Gasteiger partial charge in [-0.3, -0.25) is 24.1 Å². The van der Waals surface area contributed by atoms with E-state index in [1.807, 2.05) is 66.7 Å². The molecule has 0 bridgehead atoms. The number of amides is 4. The van der Waals surface area contributed by atoms with Gasteiger partial charge in [0.05, 0.1) is 35.0 Å². The molecule has 2 unspecified atom stereocenters. The summed E-state index contributed by atoms with van der Waals surface area (Å²) in [4.78, 5) is 58.9. The van der Waals surface area contributed by atoms with E-state index in [9.17, 15) is 19.2 Å². The molecule has 3 aliphatic rings. The SMILES string of the molecule is O=C1c2ccccc2C(=O)N1CC(=O)N1c2ccccc2N(Cc2ccc(NCc3ccccc3)cc2)C(=O)C2CCCC21. The lowest BCUT2D eigenvalue weighted by Crippen LogP contribution is -2.49. The summed E-state index contributed by atoms with van der Waals surface area (Å²) < 4.78 is 0. The first kappa shape index (κ1) is 27.6. The number of nitrogens with one attached hydrogen (secondary N) is 1. The van der Waals surface area contributed by atoms with Gasteiger partial charge in [0.2, 0.25) is 11.8 Å². The zero-order chi connectivity index (χ0) is 30.2. The van der Waals surface area contributed by atoms with Gasteiger partial charge in [-0.05, 0) is 60.4 Å². The quantitative estimate of drug-likeness (QED) is 0.284. The van der Waals surface area contributed by atoms with Crippen LogP contribution in [-0.4, -0.2) is 41.1 Å². The number of fused-ring (bicyclic) bond motifs is 3. The molecule has 7 rings (SSSR count). The van der Waals surface area contributed by atoms with Crippen molar-refractivity contribution in [1.29, 1.82) is 0 Å². The van der Waals surface area contributed by atoms with E-state index in [4.69, 9.17) is 0 Å².